The van der Waals surface area contributed by atoms with E-state index in [-0.39, 0.29) is 6.09 Å². The molecule has 0 spiro atoms. The van der Waals surface area contributed by atoms with Crippen LogP contribution in [0.25, 0.3) is 0 Å². The van der Waals surface area contributed by atoms with E-state index in [0.717, 1.165) is 5.56 Å². The highest BCUT2D eigenvalue weighted by Crippen LogP contribution is 2.15. The Morgan fingerprint density at radius 2 is 1.94 bits per heavy atom. The third kappa shape index (κ3) is 4.34. The van der Waals surface area contributed by atoms with Crippen LogP contribution < -0.4 is 5.73 Å². The van der Waals surface area contributed by atoms with Crippen molar-refractivity contribution in [1.82, 2.24) is 4.90 Å². The van der Waals surface area contributed by atoms with Crippen molar-refractivity contribution in [2.75, 3.05) is 12.8 Å². The Hall–Kier alpha value is -1.71. The van der Waals surface area contributed by atoms with Crippen molar-refractivity contribution in [3.05, 3.63) is 29.8 Å². The first-order chi connectivity index (χ1) is 7.79. The lowest BCUT2D eigenvalue weighted by molar-refractivity contribution is 0.0285. The minimum absolute atomic E-state index is 0.347. The van der Waals surface area contributed by atoms with Gasteiger partial charge in [0, 0.05) is 12.7 Å². The summed E-state index contributed by atoms with van der Waals surface area (Å²) in [6, 6.07) is 7.48. The van der Waals surface area contributed by atoms with Crippen LogP contribution in [0.2, 0.25) is 0 Å². The summed E-state index contributed by atoms with van der Waals surface area (Å²) in [6.45, 7) is 5.97. The fourth-order valence-corrected chi connectivity index (χ4v) is 1.34. The molecular weight excluding hydrogens is 216 g/mol. The number of nitrogens with zero attached hydrogens (tertiary/aromatic N) is 1. The van der Waals surface area contributed by atoms with Gasteiger partial charge in [-0.25, -0.2) is 4.79 Å². The van der Waals surface area contributed by atoms with Crippen molar-refractivity contribution in [1.29, 1.82) is 0 Å². The zero-order valence-corrected chi connectivity index (χ0v) is 10.9. The average Bonchev–Trinajstić information content (AvgIpc) is 2.18. The van der Waals surface area contributed by atoms with Gasteiger partial charge in [-0.3, -0.25) is 0 Å². The summed E-state index contributed by atoms with van der Waals surface area (Å²) >= 11 is 0. The quantitative estimate of drug-likeness (QED) is 0.803. The van der Waals surface area contributed by atoms with Gasteiger partial charge in [0.1, 0.15) is 5.60 Å². The predicted octanol–water partition coefficient (Wildman–Crippen LogP) is 2.64. The molecule has 0 fully saturated rings. The SMILES string of the molecule is CN(Cc1ccccc1N)C(=O)OC(C)(C)C. The van der Waals surface area contributed by atoms with Crippen LogP contribution >= 0.6 is 0 Å². The number of nitrogen functional groups attached to an aromatic ring is 1. The third-order valence-corrected chi connectivity index (χ3v) is 2.17. The van der Waals surface area contributed by atoms with Crippen LogP contribution in [0.4, 0.5) is 10.5 Å². The standard InChI is InChI=1S/C13H20N2O2/c1-13(2,3)17-12(16)15(4)9-10-7-5-6-8-11(10)14/h5-8H,9,14H2,1-4H3. The Kier molecular flexibility index (Phi) is 3.99. The fraction of sp³-hybridized carbons (Fsp3) is 0.462. The van der Waals surface area contributed by atoms with Crippen molar-refractivity contribution in [3.63, 3.8) is 0 Å². The number of para-hydroxylation sites is 1. The minimum atomic E-state index is -0.479. The van der Waals surface area contributed by atoms with E-state index in [1.165, 1.54) is 4.90 Å². The molecular formula is C13H20N2O2. The maximum atomic E-state index is 11.7. The Morgan fingerprint density at radius 1 is 1.35 bits per heavy atom. The number of hydrogen-bond acceptors (Lipinski definition) is 3. The molecule has 0 aromatic heterocycles. The van der Waals surface area contributed by atoms with Crippen LogP contribution in [-0.4, -0.2) is 23.6 Å². The number of ether oxygens (including phenoxy) is 1. The molecule has 4 nitrogen and oxygen atoms in total. The summed E-state index contributed by atoms with van der Waals surface area (Å²) in [7, 11) is 1.69. The van der Waals surface area contributed by atoms with E-state index < -0.39 is 5.60 Å². The molecule has 1 rings (SSSR count). The highest BCUT2D eigenvalue weighted by atomic mass is 16.6. The molecule has 94 valence electrons. The minimum Gasteiger partial charge on any atom is -0.444 e. The maximum Gasteiger partial charge on any atom is 0.410 e. The number of benzene rings is 1. The van der Waals surface area contributed by atoms with Crippen LogP contribution in [0.15, 0.2) is 24.3 Å². The van der Waals surface area contributed by atoms with E-state index >= 15 is 0 Å². The molecule has 2 N–H and O–H groups in total. The highest BCUT2D eigenvalue weighted by Gasteiger charge is 2.19. The van der Waals surface area contributed by atoms with Crippen LogP contribution in [0.1, 0.15) is 26.3 Å². The van der Waals surface area contributed by atoms with E-state index in [2.05, 4.69) is 0 Å². The molecule has 0 aliphatic heterocycles. The zero-order valence-electron chi connectivity index (χ0n) is 10.9. The molecule has 0 bridgehead atoms. The van der Waals surface area contributed by atoms with Gasteiger partial charge in [-0.2, -0.15) is 0 Å². The number of rotatable bonds is 2. The molecule has 0 saturated heterocycles. The van der Waals surface area contributed by atoms with Gasteiger partial charge in [-0.1, -0.05) is 18.2 Å². The fourth-order valence-electron chi connectivity index (χ4n) is 1.34. The number of amides is 1. The Bertz CT molecular complexity index is 397. The number of carbonyl (C=O) groups is 1. The Balaban J connectivity index is 2.64. The summed E-state index contributed by atoms with van der Waals surface area (Å²) in [4.78, 5) is 13.2. The van der Waals surface area contributed by atoms with Gasteiger partial charge in [0.05, 0.1) is 6.54 Å². The second kappa shape index (κ2) is 5.08. The molecule has 1 aromatic carbocycles. The van der Waals surface area contributed by atoms with E-state index in [9.17, 15) is 4.79 Å². The number of anilines is 1. The molecule has 0 heterocycles. The third-order valence-electron chi connectivity index (χ3n) is 2.17. The van der Waals surface area contributed by atoms with Crippen molar-refractivity contribution in [3.8, 4) is 0 Å². The van der Waals surface area contributed by atoms with Crippen LogP contribution in [0.3, 0.4) is 0 Å². The van der Waals surface area contributed by atoms with E-state index in [1.54, 1.807) is 7.05 Å². The summed E-state index contributed by atoms with van der Waals surface area (Å²) < 4.78 is 5.26. The van der Waals surface area contributed by atoms with Crippen molar-refractivity contribution < 1.29 is 9.53 Å². The largest absolute Gasteiger partial charge is 0.444 e. The number of carbonyl (C=O) groups excluding carboxylic acids is 1. The topological polar surface area (TPSA) is 55.6 Å². The van der Waals surface area contributed by atoms with E-state index in [0.29, 0.717) is 12.2 Å². The summed E-state index contributed by atoms with van der Waals surface area (Å²) in [5, 5.41) is 0. The summed E-state index contributed by atoms with van der Waals surface area (Å²) in [5.41, 5.74) is 6.94. The maximum absolute atomic E-state index is 11.7. The van der Waals surface area contributed by atoms with Crippen LogP contribution in [-0.2, 0) is 11.3 Å². The normalized spacial score (nSPS) is 11.1. The monoisotopic (exact) mass is 236 g/mol. The first-order valence-corrected chi connectivity index (χ1v) is 5.57. The van der Waals surface area contributed by atoms with Crippen molar-refractivity contribution >= 4 is 11.8 Å². The lowest BCUT2D eigenvalue weighted by Gasteiger charge is -2.25. The predicted molar refractivity (Wildman–Crippen MR) is 68.6 cm³/mol. The molecule has 0 saturated carbocycles. The number of hydrogen-bond donors (Lipinski definition) is 1. The lowest BCUT2D eigenvalue weighted by Crippen LogP contribution is -2.33. The zero-order chi connectivity index (χ0) is 13.1. The second-order valence-corrected chi connectivity index (χ2v) is 5.04. The Labute approximate surface area is 102 Å². The molecule has 4 heteroatoms. The van der Waals surface area contributed by atoms with Gasteiger partial charge in [-0.05, 0) is 32.4 Å². The number of nitrogens with two attached hydrogens (primary N) is 1. The van der Waals surface area contributed by atoms with Crippen LogP contribution in [0, 0.1) is 0 Å². The molecule has 0 aliphatic rings. The molecule has 17 heavy (non-hydrogen) atoms. The van der Waals surface area contributed by atoms with Gasteiger partial charge >= 0.3 is 6.09 Å². The van der Waals surface area contributed by atoms with E-state index in [4.69, 9.17) is 10.5 Å². The second-order valence-electron chi connectivity index (χ2n) is 5.04. The smallest absolute Gasteiger partial charge is 0.410 e. The molecule has 0 radical (unpaired) electrons. The van der Waals surface area contributed by atoms with Gasteiger partial charge in [0.2, 0.25) is 0 Å². The van der Waals surface area contributed by atoms with Gasteiger partial charge in [-0.15, -0.1) is 0 Å². The lowest BCUT2D eigenvalue weighted by atomic mass is 10.2. The first-order valence-electron chi connectivity index (χ1n) is 5.57. The van der Waals surface area contributed by atoms with E-state index in [1.807, 2.05) is 45.0 Å². The van der Waals surface area contributed by atoms with Crippen LogP contribution in [0.5, 0.6) is 0 Å². The Morgan fingerprint density at radius 3 is 2.47 bits per heavy atom. The van der Waals surface area contributed by atoms with Gasteiger partial charge in [0.15, 0.2) is 0 Å². The van der Waals surface area contributed by atoms with Gasteiger partial charge < -0.3 is 15.4 Å². The molecule has 0 unspecified atom stereocenters. The molecule has 1 aromatic rings. The van der Waals surface area contributed by atoms with Gasteiger partial charge in [0.25, 0.3) is 0 Å². The molecule has 0 atom stereocenters. The molecule has 1 amide bonds. The first kappa shape index (κ1) is 13.4. The highest BCUT2D eigenvalue weighted by molar-refractivity contribution is 5.68. The van der Waals surface area contributed by atoms with Crippen molar-refractivity contribution in [2.24, 2.45) is 0 Å². The average molecular weight is 236 g/mol. The summed E-state index contributed by atoms with van der Waals surface area (Å²) in [5.74, 6) is 0. The van der Waals surface area contributed by atoms with Crippen molar-refractivity contribution in [2.45, 2.75) is 32.9 Å². The summed E-state index contributed by atoms with van der Waals surface area (Å²) in [6.07, 6.45) is -0.347. The molecule has 0 aliphatic carbocycles.